The average molecular weight is 418 g/mol. The van der Waals surface area contributed by atoms with E-state index in [0.29, 0.717) is 30.8 Å². The normalized spacial score (nSPS) is 51.8. The highest BCUT2D eigenvalue weighted by molar-refractivity contribution is 5.95. The number of nitrogens with zero attached hydrogens (tertiary/aromatic N) is 1. The van der Waals surface area contributed by atoms with Crippen LogP contribution in [-0.2, 0) is 4.79 Å². The molecule has 0 aromatic heterocycles. The third kappa shape index (κ3) is 2.65. The highest BCUT2D eigenvalue weighted by Gasteiger charge is 2.67. The van der Waals surface area contributed by atoms with Gasteiger partial charge in [0.1, 0.15) is 0 Å². The zero-order valence-corrected chi connectivity index (χ0v) is 19.0. The quantitative estimate of drug-likeness (QED) is 0.658. The summed E-state index contributed by atoms with van der Waals surface area (Å²) in [6.07, 6.45) is 7.09. The van der Waals surface area contributed by atoms with Gasteiger partial charge in [0.05, 0.1) is 17.8 Å². The SMILES string of the molecule is CC(C1CCC2(O)C3=CC(=O)C4CC(O)C(O)CC4(C)C3CCC12C)N(C)C1CC1. The molecule has 5 heteroatoms. The molecule has 3 N–H and O–H groups in total. The van der Waals surface area contributed by atoms with E-state index in [0.717, 1.165) is 31.3 Å². The Morgan fingerprint density at radius 2 is 1.77 bits per heavy atom. The molecule has 5 aliphatic rings. The lowest BCUT2D eigenvalue weighted by molar-refractivity contribution is -0.153. The zero-order chi connectivity index (χ0) is 21.6. The maximum atomic E-state index is 13.2. The van der Waals surface area contributed by atoms with Crippen molar-refractivity contribution in [1.82, 2.24) is 4.90 Å². The lowest BCUT2D eigenvalue weighted by Gasteiger charge is -2.60. The molecule has 9 unspecified atom stereocenters. The number of aliphatic hydroxyl groups is 3. The molecule has 0 amide bonds. The minimum Gasteiger partial charge on any atom is -0.390 e. The van der Waals surface area contributed by atoms with Crippen LogP contribution in [0.25, 0.3) is 0 Å². The third-order valence-electron chi connectivity index (χ3n) is 10.5. The van der Waals surface area contributed by atoms with Gasteiger partial charge < -0.3 is 20.2 Å². The van der Waals surface area contributed by atoms with Crippen LogP contribution in [0.4, 0.5) is 0 Å². The molecule has 9 atom stereocenters. The molecule has 4 saturated carbocycles. The molecule has 4 fully saturated rings. The first-order valence-electron chi connectivity index (χ1n) is 12.1. The Bertz CT molecular complexity index is 777. The van der Waals surface area contributed by atoms with Crippen LogP contribution in [0.15, 0.2) is 11.6 Å². The summed E-state index contributed by atoms with van der Waals surface area (Å²) in [5.41, 5.74) is -0.615. The van der Waals surface area contributed by atoms with Crippen molar-refractivity contribution < 1.29 is 20.1 Å². The lowest BCUT2D eigenvalue weighted by atomic mass is 9.46. The number of carbonyl (C=O) groups is 1. The predicted octanol–water partition coefficient (Wildman–Crippen LogP) is 2.67. The van der Waals surface area contributed by atoms with E-state index >= 15 is 0 Å². The summed E-state index contributed by atoms with van der Waals surface area (Å²) in [6, 6.07) is 1.11. The first kappa shape index (κ1) is 21.1. The van der Waals surface area contributed by atoms with Crippen molar-refractivity contribution in [3.05, 3.63) is 11.6 Å². The van der Waals surface area contributed by atoms with Crippen molar-refractivity contribution in [2.45, 2.75) is 102 Å². The monoisotopic (exact) mass is 417 g/mol. The lowest BCUT2D eigenvalue weighted by Crippen LogP contribution is -2.61. The van der Waals surface area contributed by atoms with Crippen LogP contribution in [0.5, 0.6) is 0 Å². The number of hydrogen-bond acceptors (Lipinski definition) is 5. The number of fused-ring (bicyclic) bond motifs is 5. The summed E-state index contributed by atoms with van der Waals surface area (Å²) in [7, 11) is 2.23. The molecule has 0 aromatic carbocycles. The number of ketones is 1. The summed E-state index contributed by atoms with van der Waals surface area (Å²) in [5, 5.41) is 32.9. The second-order valence-corrected chi connectivity index (χ2v) is 11.8. The highest BCUT2D eigenvalue weighted by atomic mass is 16.3. The van der Waals surface area contributed by atoms with Crippen molar-refractivity contribution in [2.75, 3.05) is 7.05 Å². The van der Waals surface area contributed by atoms with E-state index in [4.69, 9.17) is 0 Å². The molecule has 0 heterocycles. The van der Waals surface area contributed by atoms with Gasteiger partial charge >= 0.3 is 0 Å². The number of rotatable bonds is 3. The Morgan fingerprint density at radius 1 is 1.07 bits per heavy atom. The van der Waals surface area contributed by atoms with Gasteiger partial charge in [0.25, 0.3) is 0 Å². The molecular weight excluding hydrogens is 378 g/mol. The second kappa shape index (κ2) is 6.63. The van der Waals surface area contributed by atoms with E-state index < -0.39 is 17.8 Å². The summed E-state index contributed by atoms with van der Waals surface area (Å²) in [6.45, 7) is 6.70. The van der Waals surface area contributed by atoms with Crippen molar-refractivity contribution in [3.63, 3.8) is 0 Å². The van der Waals surface area contributed by atoms with Crippen LogP contribution in [-0.4, -0.2) is 62.9 Å². The van der Waals surface area contributed by atoms with Crippen LogP contribution in [0, 0.1) is 28.6 Å². The van der Waals surface area contributed by atoms with Crippen molar-refractivity contribution in [3.8, 4) is 0 Å². The Hall–Kier alpha value is -0.750. The van der Waals surface area contributed by atoms with Crippen molar-refractivity contribution >= 4 is 5.78 Å². The van der Waals surface area contributed by atoms with Gasteiger partial charge in [-0.05, 0) is 94.2 Å². The van der Waals surface area contributed by atoms with Gasteiger partial charge in [0.2, 0.25) is 0 Å². The Labute approximate surface area is 180 Å². The predicted molar refractivity (Wildman–Crippen MR) is 115 cm³/mol. The fraction of sp³-hybridized carbons (Fsp3) is 0.880. The second-order valence-electron chi connectivity index (χ2n) is 11.8. The molecule has 5 nitrogen and oxygen atoms in total. The molecule has 0 saturated heterocycles. The molecule has 5 rings (SSSR count). The Morgan fingerprint density at radius 3 is 2.43 bits per heavy atom. The van der Waals surface area contributed by atoms with Gasteiger partial charge in [-0.2, -0.15) is 0 Å². The Kier molecular flexibility index (Phi) is 4.67. The van der Waals surface area contributed by atoms with E-state index in [-0.39, 0.29) is 28.4 Å². The average Bonchev–Trinajstić information content (AvgIpc) is 3.48. The maximum Gasteiger partial charge on any atom is 0.159 e. The smallest absolute Gasteiger partial charge is 0.159 e. The van der Waals surface area contributed by atoms with Gasteiger partial charge in [0.15, 0.2) is 5.78 Å². The molecule has 0 spiro atoms. The van der Waals surface area contributed by atoms with Crippen LogP contribution >= 0.6 is 0 Å². The molecule has 5 aliphatic carbocycles. The van der Waals surface area contributed by atoms with Gasteiger partial charge in [-0.25, -0.2) is 0 Å². The number of allylic oxidation sites excluding steroid dienone is 1. The van der Waals surface area contributed by atoms with Gasteiger partial charge in [-0.1, -0.05) is 13.8 Å². The van der Waals surface area contributed by atoms with Gasteiger partial charge in [0, 0.05) is 23.4 Å². The molecule has 0 bridgehead atoms. The van der Waals surface area contributed by atoms with Gasteiger partial charge in [-0.15, -0.1) is 0 Å². The first-order chi connectivity index (χ1) is 14.0. The van der Waals surface area contributed by atoms with Crippen LogP contribution in [0.2, 0.25) is 0 Å². The van der Waals surface area contributed by atoms with Crippen molar-refractivity contribution in [1.29, 1.82) is 0 Å². The topological polar surface area (TPSA) is 81.0 Å². The standard InChI is InChI=1S/C25H39NO4/c1-14(26(4)15-5-6-15)16-8-10-25(30)18-11-20(27)19-12-21(28)22(29)13-23(19,2)17(18)7-9-24(16,25)3/h11,14-17,19,21-22,28-30H,5-10,12-13H2,1-4H3. The van der Waals surface area contributed by atoms with Crippen LogP contribution < -0.4 is 0 Å². The number of hydrogen-bond donors (Lipinski definition) is 3. The number of aliphatic hydroxyl groups excluding tert-OH is 2. The first-order valence-corrected chi connectivity index (χ1v) is 12.1. The molecule has 0 aromatic rings. The van der Waals surface area contributed by atoms with E-state index in [1.165, 1.54) is 12.8 Å². The highest BCUT2D eigenvalue weighted by Crippen LogP contribution is 2.67. The minimum atomic E-state index is -0.941. The largest absolute Gasteiger partial charge is 0.390 e. The Balaban J connectivity index is 1.51. The molecule has 0 radical (unpaired) electrons. The van der Waals surface area contributed by atoms with E-state index in [2.05, 4.69) is 32.7 Å². The zero-order valence-electron chi connectivity index (χ0n) is 19.0. The molecule has 0 aliphatic heterocycles. The summed E-state index contributed by atoms with van der Waals surface area (Å²) in [5.74, 6) is 0.304. The molecule has 168 valence electrons. The number of carbonyl (C=O) groups excluding carboxylic acids is 1. The van der Waals surface area contributed by atoms with E-state index in [9.17, 15) is 20.1 Å². The third-order valence-corrected chi connectivity index (χ3v) is 10.5. The maximum absolute atomic E-state index is 13.2. The fourth-order valence-electron chi connectivity index (χ4n) is 8.28. The molecule has 30 heavy (non-hydrogen) atoms. The van der Waals surface area contributed by atoms with Crippen LogP contribution in [0.1, 0.15) is 72.1 Å². The van der Waals surface area contributed by atoms with Crippen LogP contribution in [0.3, 0.4) is 0 Å². The summed E-state index contributed by atoms with van der Waals surface area (Å²) >= 11 is 0. The van der Waals surface area contributed by atoms with Gasteiger partial charge in [-0.3, -0.25) is 4.79 Å². The van der Waals surface area contributed by atoms with E-state index in [1.807, 2.05) is 0 Å². The van der Waals surface area contributed by atoms with Crippen molar-refractivity contribution in [2.24, 2.45) is 28.6 Å². The minimum absolute atomic E-state index is 0.0407. The summed E-state index contributed by atoms with van der Waals surface area (Å²) in [4.78, 5) is 15.7. The molecular formula is C25H39NO4. The van der Waals surface area contributed by atoms with E-state index in [1.54, 1.807) is 6.08 Å². The fourth-order valence-corrected chi connectivity index (χ4v) is 8.28. The summed E-state index contributed by atoms with van der Waals surface area (Å²) < 4.78 is 0.